The lowest BCUT2D eigenvalue weighted by molar-refractivity contribution is 0.0360. The van der Waals surface area contributed by atoms with Gasteiger partial charge in [-0.05, 0) is 25.8 Å². The van der Waals surface area contributed by atoms with Gasteiger partial charge in [-0.2, -0.15) is 0 Å². The number of hydrogen-bond acceptors (Lipinski definition) is 4. The molecule has 1 atom stereocenters. The molecule has 1 fully saturated rings. The minimum absolute atomic E-state index is 0.221. The number of likely N-dealkylation sites (tertiary alicyclic amines) is 1. The number of rotatable bonds is 7. The Morgan fingerprint density at radius 2 is 2.12 bits per heavy atom. The monoisotopic (exact) mass is 230 g/mol. The smallest absolute Gasteiger partial charge is 0.0597 e. The van der Waals surface area contributed by atoms with Crippen LogP contribution in [0.25, 0.3) is 0 Å². The van der Waals surface area contributed by atoms with Gasteiger partial charge in [-0.25, -0.2) is 0 Å². The van der Waals surface area contributed by atoms with Crippen LogP contribution < -0.4 is 5.32 Å². The molecule has 0 spiro atoms. The van der Waals surface area contributed by atoms with Crippen LogP contribution in [0.1, 0.15) is 26.2 Å². The maximum Gasteiger partial charge on any atom is 0.0597 e. The Balaban J connectivity index is 2.20. The Morgan fingerprint density at radius 1 is 1.44 bits per heavy atom. The Bertz CT molecular complexity index is 170. The third-order valence-electron chi connectivity index (χ3n) is 3.25. The molecule has 0 radical (unpaired) electrons. The van der Waals surface area contributed by atoms with Gasteiger partial charge in [0.15, 0.2) is 0 Å². The number of piperidine rings is 1. The molecule has 0 aromatic rings. The summed E-state index contributed by atoms with van der Waals surface area (Å²) in [4.78, 5) is 2.42. The van der Waals surface area contributed by atoms with Gasteiger partial charge < -0.3 is 20.1 Å². The summed E-state index contributed by atoms with van der Waals surface area (Å²) in [5, 5.41) is 12.6. The maximum atomic E-state index is 9.27. The highest BCUT2D eigenvalue weighted by molar-refractivity contribution is 4.77. The van der Waals surface area contributed by atoms with Crippen molar-refractivity contribution in [3.63, 3.8) is 0 Å². The number of ether oxygens (including phenoxy) is 1. The zero-order valence-electron chi connectivity index (χ0n) is 10.6. The van der Waals surface area contributed by atoms with Crippen molar-refractivity contribution in [2.24, 2.45) is 0 Å². The Hall–Kier alpha value is -0.160. The SMILES string of the molecule is CCCNC(CO)CN1CCC(OC)CC1. The summed E-state index contributed by atoms with van der Waals surface area (Å²) < 4.78 is 5.34. The number of nitrogens with one attached hydrogen (secondary N) is 1. The van der Waals surface area contributed by atoms with Gasteiger partial charge in [0.2, 0.25) is 0 Å². The van der Waals surface area contributed by atoms with Crippen molar-refractivity contribution < 1.29 is 9.84 Å². The van der Waals surface area contributed by atoms with Crippen LogP contribution in [0, 0.1) is 0 Å². The summed E-state index contributed by atoms with van der Waals surface area (Å²) in [6, 6.07) is 0.221. The van der Waals surface area contributed by atoms with Crippen molar-refractivity contribution in [1.82, 2.24) is 10.2 Å². The summed E-state index contributed by atoms with van der Waals surface area (Å²) in [6.07, 6.45) is 3.78. The maximum absolute atomic E-state index is 9.27. The van der Waals surface area contributed by atoms with Gasteiger partial charge in [-0.3, -0.25) is 0 Å². The first-order valence-electron chi connectivity index (χ1n) is 6.39. The standard InChI is InChI=1S/C12H26N2O2/c1-3-6-13-11(10-15)9-14-7-4-12(16-2)5-8-14/h11-13,15H,3-10H2,1-2H3. The Morgan fingerprint density at radius 3 is 2.62 bits per heavy atom. The third-order valence-corrected chi connectivity index (χ3v) is 3.25. The topological polar surface area (TPSA) is 44.7 Å². The van der Waals surface area contributed by atoms with Crippen LogP contribution in [0.2, 0.25) is 0 Å². The molecule has 0 bridgehead atoms. The number of aliphatic hydroxyl groups excluding tert-OH is 1. The van der Waals surface area contributed by atoms with Gasteiger partial charge in [0.05, 0.1) is 12.7 Å². The predicted molar refractivity (Wildman–Crippen MR) is 65.6 cm³/mol. The normalized spacial score (nSPS) is 21.2. The minimum atomic E-state index is 0.221. The van der Waals surface area contributed by atoms with Gasteiger partial charge in [-0.15, -0.1) is 0 Å². The molecule has 1 unspecified atom stereocenters. The van der Waals surface area contributed by atoms with Gasteiger partial charge >= 0.3 is 0 Å². The van der Waals surface area contributed by atoms with Gasteiger partial charge in [0.1, 0.15) is 0 Å². The van der Waals surface area contributed by atoms with E-state index in [2.05, 4.69) is 17.1 Å². The predicted octanol–water partition coefficient (Wildman–Crippen LogP) is 0.458. The number of methoxy groups -OCH3 is 1. The van der Waals surface area contributed by atoms with Crippen molar-refractivity contribution >= 4 is 0 Å². The van der Waals surface area contributed by atoms with Crippen LogP contribution >= 0.6 is 0 Å². The van der Waals surface area contributed by atoms with Crippen LogP contribution in [-0.4, -0.2) is 62.0 Å². The molecule has 1 rings (SSSR count). The lowest BCUT2D eigenvalue weighted by atomic mass is 10.1. The highest BCUT2D eigenvalue weighted by Gasteiger charge is 2.20. The molecular weight excluding hydrogens is 204 g/mol. The number of nitrogens with zero attached hydrogens (tertiary/aromatic N) is 1. The summed E-state index contributed by atoms with van der Waals surface area (Å²) in [6.45, 7) is 6.48. The van der Waals surface area contributed by atoms with Crippen LogP contribution in [0.5, 0.6) is 0 Å². The average Bonchev–Trinajstić information content (AvgIpc) is 2.35. The molecule has 96 valence electrons. The quantitative estimate of drug-likeness (QED) is 0.667. The molecule has 16 heavy (non-hydrogen) atoms. The molecule has 0 aromatic carbocycles. The second-order valence-electron chi connectivity index (χ2n) is 4.57. The van der Waals surface area contributed by atoms with E-state index in [1.165, 1.54) is 0 Å². The second kappa shape index (κ2) is 8.01. The largest absolute Gasteiger partial charge is 0.395 e. The molecule has 0 aliphatic carbocycles. The molecule has 4 nitrogen and oxygen atoms in total. The van der Waals surface area contributed by atoms with Crippen molar-refractivity contribution in [3.05, 3.63) is 0 Å². The zero-order chi connectivity index (χ0) is 11.8. The molecule has 2 N–H and O–H groups in total. The summed E-state index contributed by atoms with van der Waals surface area (Å²) in [7, 11) is 1.79. The number of aliphatic hydroxyl groups is 1. The lowest BCUT2D eigenvalue weighted by Gasteiger charge is -2.33. The molecule has 1 heterocycles. The Labute approximate surface area is 99.0 Å². The third kappa shape index (κ3) is 4.78. The van der Waals surface area contributed by atoms with Crippen LogP contribution in [0.15, 0.2) is 0 Å². The van der Waals surface area contributed by atoms with E-state index in [9.17, 15) is 5.11 Å². The highest BCUT2D eigenvalue weighted by Crippen LogP contribution is 2.12. The minimum Gasteiger partial charge on any atom is -0.395 e. The van der Waals surface area contributed by atoms with Crippen molar-refractivity contribution in [2.75, 3.05) is 39.9 Å². The fourth-order valence-corrected chi connectivity index (χ4v) is 2.17. The molecule has 0 amide bonds. The summed E-state index contributed by atoms with van der Waals surface area (Å²) >= 11 is 0. The van der Waals surface area contributed by atoms with E-state index in [4.69, 9.17) is 4.74 Å². The first kappa shape index (κ1) is 13.9. The van der Waals surface area contributed by atoms with Crippen LogP contribution in [0.3, 0.4) is 0 Å². The highest BCUT2D eigenvalue weighted by atomic mass is 16.5. The van der Waals surface area contributed by atoms with E-state index in [-0.39, 0.29) is 12.6 Å². The van der Waals surface area contributed by atoms with Crippen LogP contribution in [0.4, 0.5) is 0 Å². The van der Waals surface area contributed by atoms with E-state index in [1.807, 2.05) is 0 Å². The summed E-state index contributed by atoms with van der Waals surface area (Å²) in [5.74, 6) is 0. The number of hydrogen-bond donors (Lipinski definition) is 2. The van der Waals surface area contributed by atoms with Gasteiger partial charge in [0, 0.05) is 32.8 Å². The van der Waals surface area contributed by atoms with Crippen LogP contribution in [-0.2, 0) is 4.74 Å². The van der Waals surface area contributed by atoms with Crippen molar-refractivity contribution in [3.8, 4) is 0 Å². The molecule has 1 saturated heterocycles. The van der Waals surface area contributed by atoms with Crippen molar-refractivity contribution in [1.29, 1.82) is 0 Å². The van der Waals surface area contributed by atoms with E-state index >= 15 is 0 Å². The Kier molecular flexibility index (Phi) is 6.96. The van der Waals surface area contributed by atoms with E-state index in [1.54, 1.807) is 7.11 Å². The molecule has 1 aliphatic heterocycles. The molecule has 4 heteroatoms. The second-order valence-corrected chi connectivity index (χ2v) is 4.57. The zero-order valence-corrected chi connectivity index (χ0v) is 10.6. The summed E-state index contributed by atoms with van der Waals surface area (Å²) in [5.41, 5.74) is 0. The average molecular weight is 230 g/mol. The van der Waals surface area contributed by atoms with Crippen molar-refractivity contribution in [2.45, 2.75) is 38.3 Å². The fourth-order valence-electron chi connectivity index (χ4n) is 2.17. The molecule has 0 saturated carbocycles. The van der Waals surface area contributed by atoms with E-state index in [0.29, 0.717) is 6.10 Å². The first-order valence-corrected chi connectivity index (χ1v) is 6.39. The molecule has 0 aromatic heterocycles. The molecular formula is C12H26N2O2. The van der Waals surface area contributed by atoms with E-state index < -0.39 is 0 Å². The molecule has 1 aliphatic rings. The first-order chi connectivity index (χ1) is 7.80. The van der Waals surface area contributed by atoms with Gasteiger partial charge in [0.25, 0.3) is 0 Å². The van der Waals surface area contributed by atoms with E-state index in [0.717, 1.165) is 45.4 Å². The fraction of sp³-hybridized carbons (Fsp3) is 1.00. The lowest BCUT2D eigenvalue weighted by Crippen LogP contribution is -2.47. The van der Waals surface area contributed by atoms with Gasteiger partial charge in [-0.1, -0.05) is 6.92 Å².